The van der Waals surface area contributed by atoms with Crippen LogP contribution in [-0.4, -0.2) is 35.0 Å². The molecule has 0 aliphatic heterocycles. The lowest BCUT2D eigenvalue weighted by molar-refractivity contribution is -0.396. The summed E-state index contributed by atoms with van der Waals surface area (Å²) in [6.45, 7) is 0. The molecule has 1 fully saturated rings. The van der Waals surface area contributed by atoms with Crippen molar-refractivity contribution in [1.82, 2.24) is 0 Å². The third kappa shape index (κ3) is 4.17. The molecule has 10 heteroatoms. The van der Waals surface area contributed by atoms with Gasteiger partial charge in [0.1, 0.15) is 0 Å². The molecular weight excluding hydrogens is 334 g/mol. The first-order chi connectivity index (χ1) is 10.4. The predicted molar refractivity (Wildman–Crippen MR) is 64.3 cm³/mol. The van der Waals surface area contributed by atoms with Crippen molar-refractivity contribution in [2.24, 2.45) is 5.92 Å². The number of hydrogen-bond acceptors (Lipinski definition) is 3. The summed E-state index contributed by atoms with van der Waals surface area (Å²) in [7, 11) is 0. The highest BCUT2D eigenvalue weighted by molar-refractivity contribution is 5.90. The lowest BCUT2D eigenvalue weighted by atomic mass is 9.81. The van der Waals surface area contributed by atoms with Crippen molar-refractivity contribution in [3.63, 3.8) is 0 Å². The molecule has 0 aromatic carbocycles. The summed E-state index contributed by atoms with van der Waals surface area (Å²) < 4.78 is 84.2. The van der Waals surface area contributed by atoms with E-state index in [0.717, 1.165) is 0 Å². The fourth-order valence-corrected chi connectivity index (χ4v) is 2.35. The summed E-state index contributed by atoms with van der Waals surface area (Å²) in [6.07, 6.45) is -5.91. The molecule has 0 bridgehead atoms. The first-order valence-electron chi connectivity index (χ1n) is 6.69. The molecule has 0 aromatic rings. The number of carboxylic acid groups (broad SMARTS) is 1. The van der Waals surface area contributed by atoms with Gasteiger partial charge in [0.05, 0.1) is 0 Å². The predicted octanol–water partition coefficient (Wildman–Crippen LogP) is 3.61. The number of carboxylic acids is 1. The van der Waals surface area contributed by atoms with Crippen molar-refractivity contribution in [1.29, 1.82) is 0 Å². The van der Waals surface area contributed by atoms with Gasteiger partial charge >= 0.3 is 29.9 Å². The zero-order chi connectivity index (χ0) is 17.9. The highest BCUT2D eigenvalue weighted by Gasteiger charge is 2.76. The summed E-state index contributed by atoms with van der Waals surface area (Å²) in [6, 6.07) is 0. The van der Waals surface area contributed by atoms with Gasteiger partial charge in [0.25, 0.3) is 0 Å². The molecule has 1 unspecified atom stereocenters. The van der Waals surface area contributed by atoms with Crippen molar-refractivity contribution < 1.29 is 45.8 Å². The van der Waals surface area contributed by atoms with Gasteiger partial charge < -0.3 is 9.84 Å². The lowest BCUT2D eigenvalue weighted by Gasteiger charge is -2.39. The number of alkyl halides is 6. The first-order valence-corrected chi connectivity index (χ1v) is 6.69. The Labute approximate surface area is 127 Å². The van der Waals surface area contributed by atoms with Crippen LogP contribution in [0.2, 0.25) is 0 Å². The second-order valence-corrected chi connectivity index (χ2v) is 5.14. The Balaban J connectivity index is 3.10. The highest BCUT2D eigenvalue weighted by atomic mass is 19.4. The Bertz CT molecular complexity index is 481. The molecule has 132 valence electrons. The van der Waals surface area contributed by atoms with E-state index in [4.69, 9.17) is 5.11 Å². The summed E-state index contributed by atoms with van der Waals surface area (Å²) in [4.78, 5) is 21.2. The molecule has 0 saturated heterocycles. The molecule has 0 aromatic heterocycles. The Hall–Kier alpha value is -1.74. The normalized spacial score (nSPS) is 20.3. The van der Waals surface area contributed by atoms with Gasteiger partial charge in [-0.1, -0.05) is 19.3 Å². The summed E-state index contributed by atoms with van der Waals surface area (Å²) in [5, 5.41) is 8.23. The average Bonchev–Trinajstić information content (AvgIpc) is 2.44. The van der Waals surface area contributed by atoms with Gasteiger partial charge in [-0.15, -0.1) is 0 Å². The van der Waals surface area contributed by atoms with Gasteiger partial charge in [-0.25, -0.2) is 9.59 Å². The summed E-state index contributed by atoms with van der Waals surface area (Å²) in [5.41, 5.74) is 0. The van der Waals surface area contributed by atoms with Crippen molar-refractivity contribution in [3.05, 3.63) is 12.2 Å². The van der Waals surface area contributed by atoms with Gasteiger partial charge in [0.2, 0.25) is 0 Å². The minimum atomic E-state index is -6.18. The van der Waals surface area contributed by atoms with Crippen LogP contribution in [0.5, 0.6) is 0 Å². The molecule has 1 atom stereocenters. The summed E-state index contributed by atoms with van der Waals surface area (Å²) >= 11 is 0. The molecule has 23 heavy (non-hydrogen) atoms. The van der Waals surface area contributed by atoms with Crippen LogP contribution in [0.25, 0.3) is 0 Å². The minimum Gasteiger partial charge on any atom is -0.478 e. The van der Waals surface area contributed by atoms with Crippen molar-refractivity contribution >= 4 is 11.9 Å². The average molecular weight is 348 g/mol. The number of carbonyl (C=O) groups is 2. The molecule has 4 nitrogen and oxygen atoms in total. The van der Waals surface area contributed by atoms with Crippen LogP contribution in [0.3, 0.4) is 0 Å². The molecule has 1 saturated carbocycles. The third-order valence-electron chi connectivity index (χ3n) is 3.51. The van der Waals surface area contributed by atoms with E-state index >= 15 is 0 Å². The molecule has 1 rings (SSSR count). The number of aliphatic carboxylic acids is 1. The lowest BCUT2D eigenvalue weighted by Crippen LogP contribution is -2.61. The molecule has 0 heterocycles. The number of halogens is 6. The second-order valence-electron chi connectivity index (χ2n) is 5.14. The first kappa shape index (κ1) is 19.3. The fraction of sp³-hybridized carbons (Fsp3) is 0.692. The van der Waals surface area contributed by atoms with Gasteiger partial charge in [-0.2, -0.15) is 26.3 Å². The maximum absolute atomic E-state index is 14.1. The zero-order valence-corrected chi connectivity index (χ0v) is 11.7. The molecule has 0 amide bonds. The Morgan fingerprint density at radius 3 is 1.91 bits per heavy atom. The second kappa shape index (κ2) is 6.79. The van der Waals surface area contributed by atoms with Crippen LogP contribution in [-0.2, 0) is 14.3 Å². The number of esters is 1. The van der Waals surface area contributed by atoms with Crippen LogP contribution >= 0.6 is 0 Å². The van der Waals surface area contributed by atoms with Crippen LogP contribution in [0.4, 0.5) is 26.3 Å². The number of rotatable bonds is 5. The third-order valence-corrected chi connectivity index (χ3v) is 3.51. The topological polar surface area (TPSA) is 63.6 Å². The zero-order valence-electron chi connectivity index (χ0n) is 11.7. The molecule has 0 radical (unpaired) electrons. The monoisotopic (exact) mass is 348 g/mol. The van der Waals surface area contributed by atoms with Crippen molar-refractivity contribution in [2.75, 3.05) is 0 Å². The fourth-order valence-electron chi connectivity index (χ4n) is 2.35. The Morgan fingerprint density at radius 1 is 0.957 bits per heavy atom. The largest absolute Gasteiger partial charge is 0.478 e. The van der Waals surface area contributed by atoms with E-state index in [1.165, 1.54) is 0 Å². The van der Waals surface area contributed by atoms with E-state index in [9.17, 15) is 35.9 Å². The van der Waals surface area contributed by atoms with E-state index in [0.29, 0.717) is 6.42 Å². The SMILES string of the molecule is O=C(O)C=CC(=O)OC(F)(C(F)(F)F)C(F)(F)C1CCCCC1. The molecule has 1 aliphatic carbocycles. The van der Waals surface area contributed by atoms with Gasteiger partial charge in [-0.05, 0) is 12.8 Å². The standard InChI is InChI=1S/C13H14F6O4/c14-11(15,8-4-2-1-3-5-8)12(16,13(17,18)19)23-10(22)7-6-9(20)21/h6-8H,1-5H2,(H,20,21). The Kier molecular flexibility index (Phi) is 5.70. The van der Waals surface area contributed by atoms with Crippen molar-refractivity contribution in [3.8, 4) is 0 Å². The molecule has 1 aliphatic rings. The summed E-state index contributed by atoms with van der Waals surface area (Å²) in [5.74, 6) is -16.3. The van der Waals surface area contributed by atoms with Crippen LogP contribution in [0.15, 0.2) is 12.2 Å². The van der Waals surface area contributed by atoms with Gasteiger partial charge in [0.15, 0.2) is 0 Å². The van der Waals surface area contributed by atoms with E-state index in [1.54, 1.807) is 0 Å². The molecular formula is C13H14F6O4. The maximum atomic E-state index is 14.1. The van der Waals surface area contributed by atoms with Crippen LogP contribution in [0, 0.1) is 5.92 Å². The van der Waals surface area contributed by atoms with Gasteiger partial charge in [-0.3, -0.25) is 0 Å². The van der Waals surface area contributed by atoms with Crippen molar-refractivity contribution in [2.45, 2.75) is 50.1 Å². The van der Waals surface area contributed by atoms with E-state index in [2.05, 4.69) is 4.74 Å². The van der Waals surface area contributed by atoms with E-state index < -0.39 is 35.8 Å². The Morgan fingerprint density at radius 2 is 1.48 bits per heavy atom. The van der Waals surface area contributed by atoms with E-state index in [1.807, 2.05) is 0 Å². The number of carbonyl (C=O) groups excluding carboxylic acids is 1. The maximum Gasteiger partial charge on any atom is 0.467 e. The van der Waals surface area contributed by atoms with Gasteiger partial charge in [0, 0.05) is 18.1 Å². The quantitative estimate of drug-likeness (QED) is 0.468. The highest BCUT2D eigenvalue weighted by Crippen LogP contribution is 2.52. The molecule has 1 N–H and O–H groups in total. The number of ether oxygens (including phenoxy) is 1. The smallest absolute Gasteiger partial charge is 0.467 e. The van der Waals surface area contributed by atoms with E-state index in [-0.39, 0.29) is 37.8 Å². The number of hydrogen-bond donors (Lipinski definition) is 1. The molecule has 0 spiro atoms. The van der Waals surface area contributed by atoms with Crippen LogP contribution < -0.4 is 0 Å². The van der Waals surface area contributed by atoms with Crippen LogP contribution in [0.1, 0.15) is 32.1 Å². The minimum absolute atomic E-state index is 0.0535.